The van der Waals surface area contributed by atoms with Crippen LogP contribution in [0.4, 0.5) is 14.5 Å². The van der Waals surface area contributed by atoms with Gasteiger partial charge in [-0.05, 0) is 49.6 Å². The van der Waals surface area contributed by atoms with Crippen LogP contribution >= 0.6 is 31.9 Å². The number of hydrogen-bond donors (Lipinski definition) is 1. The Bertz CT molecular complexity index is 969. The molecule has 0 saturated heterocycles. The predicted molar refractivity (Wildman–Crippen MR) is 108 cm³/mol. The monoisotopic (exact) mass is 495 g/mol. The molecule has 0 fully saturated rings. The van der Waals surface area contributed by atoms with E-state index in [2.05, 4.69) is 47.4 Å². The summed E-state index contributed by atoms with van der Waals surface area (Å²) in [7, 11) is 0. The molecule has 0 aliphatic heterocycles. The molecule has 3 rings (SSSR count). The fourth-order valence-electron chi connectivity index (χ4n) is 2.15. The number of aromatic nitrogens is 1. The summed E-state index contributed by atoms with van der Waals surface area (Å²) in [6.07, 6.45) is 3.07. The van der Waals surface area contributed by atoms with Crippen molar-refractivity contribution in [3.05, 3.63) is 86.4 Å². The van der Waals surface area contributed by atoms with E-state index >= 15 is 0 Å². The first-order valence-corrected chi connectivity index (χ1v) is 9.38. The van der Waals surface area contributed by atoms with E-state index in [9.17, 15) is 8.78 Å². The maximum absolute atomic E-state index is 13.6. The minimum Gasteiger partial charge on any atom is -0.472 e. The summed E-state index contributed by atoms with van der Waals surface area (Å²) in [5.41, 5.74) is 4.28. The molecule has 4 nitrogen and oxygen atoms in total. The van der Waals surface area contributed by atoms with Crippen LogP contribution in [0.2, 0.25) is 0 Å². The summed E-state index contributed by atoms with van der Waals surface area (Å²) in [5.74, 6) is -0.981. The van der Waals surface area contributed by atoms with Crippen molar-refractivity contribution in [3.63, 3.8) is 0 Å². The van der Waals surface area contributed by atoms with Crippen molar-refractivity contribution in [1.82, 2.24) is 4.98 Å². The zero-order valence-corrected chi connectivity index (χ0v) is 17.0. The Morgan fingerprint density at radius 1 is 1.11 bits per heavy atom. The number of halogens is 4. The third-order valence-corrected chi connectivity index (χ3v) is 4.90. The highest BCUT2D eigenvalue weighted by molar-refractivity contribution is 9.11. The third kappa shape index (κ3) is 5.11. The van der Waals surface area contributed by atoms with Gasteiger partial charge in [0.25, 0.3) is 0 Å². The van der Waals surface area contributed by atoms with Crippen molar-refractivity contribution in [2.75, 3.05) is 5.43 Å². The molecule has 1 aromatic heterocycles. The van der Waals surface area contributed by atoms with Gasteiger partial charge in [0.2, 0.25) is 5.88 Å². The molecule has 0 amide bonds. The van der Waals surface area contributed by atoms with Gasteiger partial charge in [-0.1, -0.05) is 30.3 Å². The third-order valence-electron chi connectivity index (χ3n) is 3.50. The van der Waals surface area contributed by atoms with E-state index in [0.29, 0.717) is 27.0 Å². The molecule has 0 unspecified atom stereocenters. The number of hydrogen-bond acceptors (Lipinski definition) is 4. The van der Waals surface area contributed by atoms with Gasteiger partial charge < -0.3 is 4.74 Å². The Hall–Kier alpha value is -2.32. The van der Waals surface area contributed by atoms with Crippen LogP contribution in [0.15, 0.2) is 68.8 Å². The molecule has 2 aromatic carbocycles. The Labute approximate surface area is 171 Å². The number of rotatable bonds is 6. The smallest absolute Gasteiger partial charge is 0.229 e. The number of anilines is 1. The SMILES string of the molecule is Fc1ccc(NN=Cc2c(Br)cnc(OCc3ccccc3)c2Br)c(F)c1. The fraction of sp³-hybridized carbons (Fsp3) is 0.0526. The van der Waals surface area contributed by atoms with Crippen molar-refractivity contribution in [2.45, 2.75) is 6.61 Å². The Kier molecular flexibility index (Phi) is 6.52. The van der Waals surface area contributed by atoms with Crippen molar-refractivity contribution in [1.29, 1.82) is 0 Å². The van der Waals surface area contributed by atoms with E-state index in [1.54, 1.807) is 6.20 Å². The fourth-order valence-corrected chi connectivity index (χ4v) is 3.35. The summed E-state index contributed by atoms with van der Waals surface area (Å²) < 4.78 is 33.6. The van der Waals surface area contributed by atoms with Gasteiger partial charge in [0.15, 0.2) is 5.82 Å². The second kappa shape index (κ2) is 9.05. The molecular weight excluding hydrogens is 484 g/mol. The molecule has 138 valence electrons. The second-order valence-corrected chi connectivity index (χ2v) is 7.05. The molecular formula is C19H13Br2F2N3O. The number of nitrogens with one attached hydrogen (secondary N) is 1. The standard InChI is InChI=1S/C19H13Br2F2N3O/c20-15-10-24-19(27-11-12-4-2-1-3-5-12)18(21)14(15)9-25-26-17-7-6-13(22)8-16(17)23/h1-10,26H,11H2. The molecule has 8 heteroatoms. The molecule has 0 radical (unpaired) electrons. The van der Waals surface area contributed by atoms with Gasteiger partial charge in [-0.25, -0.2) is 13.8 Å². The predicted octanol–water partition coefficient (Wildman–Crippen LogP) is 5.91. The van der Waals surface area contributed by atoms with Crippen LogP contribution < -0.4 is 10.2 Å². The summed E-state index contributed by atoms with van der Waals surface area (Å²) in [6.45, 7) is 0.365. The molecule has 0 aliphatic carbocycles. The van der Waals surface area contributed by atoms with Crippen LogP contribution in [0, 0.1) is 11.6 Å². The normalized spacial score (nSPS) is 11.0. The van der Waals surface area contributed by atoms with E-state index in [4.69, 9.17) is 4.74 Å². The molecule has 1 N–H and O–H groups in total. The molecule has 0 aliphatic rings. The molecule has 0 atom stereocenters. The lowest BCUT2D eigenvalue weighted by atomic mass is 10.2. The van der Waals surface area contributed by atoms with Gasteiger partial charge in [0.05, 0.1) is 16.4 Å². The first-order valence-electron chi connectivity index (χ1n) is 7.79. The van der Waals surface area contributed by atoms with Gasteiger partial charge in [0.1, 0.15) is 12.4 Å². The number of pyridine rings is 1. The van der Waals surface area contributed by atoms with Gasteiger partial charge in [-0.3, -0.25) is 5.43 Å². The van der Waals surface area contributed by atoms with Gasteiger partial charge >= 0.3 is 0 Å². The van der Waals surface area contributed by atoms with Crippen LogP contribution in [0.25, 0.3) is 0 Å². The lowest BCUT2D eigenvalue weighted by Gasteiger charge is -2.10. The average molecular weight is 497 g/mol. The minimum absolute atomic E-state index is 0.0644. The van der Waals surface area contributed by atoms with Crippen molar-refractivity contribution >= 4 is 43.8 Å². The Morgan fingerprint density at radius 2 is 1.89 bits per heavy atom. The first-order chi connectivity index (χ1) is 13.0. The summed E-state index contributed by atoms with van der Waals surface area (Å²) in [6, 6.07) is 12.9. The van der Waals surface area contributed by atoms with E-state index in [1.807, 2.05) is 30.3 Å². The largest absolute Gasteiger partial charge is 0.472 e. The van der Waals surface area contributed by atoms with Crippen molar-refractivity contribution in [2.24, 2.45) is 5.10 Å². The van der Waals surface area contributed by atoms with Crippen LogP contribution in [-0.4, -0.2) is 11.2 Å². The van der Waals surface area contributed by atoms with Crippen LogP contribution in [0.1, 0.15) is 11.1 Å². The van der Waals surface area contributed by atoms with Crippen molar-refractivity contribution < 1.29 is 13.5 Å². The Balaban J connectivity index is 1.74. The molecule has 0 spiro atoms. The van der Waals surface area contributed by atoms with E-state index in [1.165, 1.54) is 12.3 Å². The lowest BCUT2D eigenvalue weighted by Crippen LogP contribution is -2.01. The molecule has 27 heavy (non-hydrogen) atoms. The summed E-state index contributed by atoms with van der Waals surface area (Å²) >= 11 is 6.85. The number of hydrazone groups is 1. The van der Waals surface area contributed by atoms with Crippen LogP contribution in [-0.2, 0) is 6.61 Å². The Morgan fingerprint density at radius 3 is 2.63 bits per heavy atom. The van der Waals surface area contributed by atoms with Gasteiger partial charge in [-0.2, -0.15) is 5.10 Å². The number of ether oxygens (including phenoxy) is 1. The number of nitrogens with zero attached hydrogens (tertiary/aromatic N) is 2. The molecule has 0 saturated carbocycles. The minimum atomic E-state index is -0.730. The quantitative estimate of drug-likeness (QED) is 0.341. The zero-order valence-electron chi connectivity index (χ0n) is 13.8. The zero-order chi connectivity index (χ0) is 19.2. The summed E-state index contributed by atoms with van der Waals surface area (Å²) in [5, 5.41) is 4.00. The summed E-state index contributed by atoms with van der Waals surface area (Å²) in [4.78, 5) is 4.24. The maximum atomic E-state index is 13.6. The topological polar surface area (TPSA) is 46.5 Å². The van der Waals surface area contributed by atoms with Gasteiger partial charge in [-0.15, -0.1) is 0 Å². The molecule has 1 heterocycles. The van der Waals surface area contributed by atoms with Crippen LogP contribution in [0.5, 0.6) is 5.88 Å². The van der Waals surface area contributed by atoms with E-state index in [0.717, 1.165) is 17.7 Å². The maximum Gasteiger partial charge on any atom is 0.229 e. The average Bonchev–Trinajstić information content (AvgIpc) is 2.66. The molecule has 0 bridgehead atoms. The highest BCUT2D eigenvalue weighted by atomic mass is 79.9. The highest BCUT2D eigenvalue weighted by Gasteiger charge is 2.12. The highest BCUT2D eigenvalue weighted by Crippen LogP contribution is 2.31. The van der Waals surface area contributed by atoms with E-state index < -0.39 is 11.6 Å². The van der Waals surface area contributed by atoms with Crippen LogP contribution in [0.3, 0.4) is 0 Å². The molecule has 3 aromatic rings. The number of benzene rings is 2. The lowest BCUT2D eigenvalue weighted by molar-refractivity contribution is 0.291. The van der Waals surface area contributed by atoms with Crippen molar-refractivity contribution in [3.8, 4) is 5.88 Å². The van der Waals surface area contributed by atoms with Gasteiger partial charge in [0, 0.05) is 22.3 Å². The van der Waals surface area contributed by atoms with E-state index in [-0.39, 0.29) is 5.69 Å². The second-order valence-electron chi connectivity index (χ2n) is 5.41. The first kappa shape index (κ1) is 19.4.